The van der Waals surface area contributed by atoms with Gasteiger partial charge >= 0.3 is 6.09 Å². The molecule has 126 valence electrons. The van der Waals surface area contributed by atoms with Crippen LogP contribution >= 0.6 is 0 Å². The molecule has 0 fully saturated rings. The van der Waals surface area contributed by atoms with Crippen molar-refractivity contribution < 1.29 is 23.8 Å². The molecule has 0 heterocycles. The first kappa shape index (κ1) is 17.1. The van der Waals surface area contributed by atoms with Gasteiger partial charge in [0.1, 0.15) is 24.7 Å². The Morgan fingerprint density at radius 2 is 1.42 bits per heavy atom. The minimum Gasteiger partial charge on any atom is -0.490 e. The maximum absolute atomic E-state index is 11.8. The van der Waals surface area contributed by atoms with Crippen LogP contribution < -0.4 is 20.3 Å². The summed E-state index contributed by atoms with van der Waals surface area (Å²) in [5.41, 5.74) is 4.68. The molecule has 0 atom stereocenters. The number of benzene rings is 2. The number of carbonyl (C=O) groups is 2. The molecular weight excluding hydrogens is 312 g/mol. The summed E-state index contributed by atoms with van der Waals surface area (Å²) in [7, 11) is 1.20. The normalized spacial score (nSPS) is 9.71. The fourth-order valence-electron chi connectivity index (χ4n) is 1.77. The number of methoxy groups -OCH3 is 1. The molecular formula is C17H18N2O5. The maximum Gasteiger partial charge on any atom is 0.425 e. The third kappa shape index (κ3) is 5.53. The van der Waals surface area contributed by atoms with Crippen molar-refractivity contribution in [1.82, 2.24) is 10.9 Å². The average Bonchev–Trinajstić information content (AvgIpc) is 2.64. The van der Waals surface area contributed by atoms with Gasteiger partial charge in [0.15, 0.2) is 0 Å². The third-order valence-electron chi connectivity index (χ3n) is 2.94. The van der Waals surface area contributed by atoms with Crippen LogP contribution in [0.4, 0.5) is 4.79 Å². The highest BCUT2D eigenvalue weighted by Crippen LogP contribution is 2.12. The predicted octanol–water partition coefficient (Wildman–Crippen LogP) is 2.15. The molecule has 0 saturated heterocycles. The number of hydrazine groups is 1. The number of ether oxygens (including phenoxy) is 3. The number of amides is 2. The lowest BCUT2D eigenvalue weighted by molar-refractivity contribution is 0.0920. The van der Waals surface area contributed by atoms with E-state index in [2.05, 4.69) is 15.6 Å². The summed E-state index contributed by atoms with van der Waals surface area (Å²) in [6, 6.07) is 16.0. The van der Waals surface area contributed by atoms with Crippen LogP contribution in [0.5, 0.6) is 11.5 Å². The smallest absolute Gasteiger partial charge is 0.425 e. The summed E-state index contributed by atoms with van der Waals surface area (Å²) in [6.45, 7) is 0.791. The van der Waals surface area contributed by atoms with Crippen LogP contribution in [0, 0.1) is 0 Å². The predicted molar refractivity (Wildman–Crippen MR) is 86.9 cm³/mol. The molecule has 0 radical (unpaired) electrons. The number of hydrogen-bond acceptors (Lipinski definition) is 5. The molecule has 2 amide bonds. The van der Waals surface area contributed by atoms with Gasteiger partial charge < -0.3 is 14.2 Å². The van der Waals surface area contributed by atoms with Crippen molar-refractivity contribution in [3.63, 3.8) is 0 Å². The Morgan fingerprint density at radius 3 is 2.00 bits per heavy atom. The lowest BCUT2D eigenvalue weighted by Gasteiger charge is -2.09. The second kappa shape index (κ2) is 9.04. The summed E-state index contributed by atoms with van der Waals surface area (Å²) in [6.07, 6.45) is -0.748. The summed E-state index contributed by atoms with van der Waals surface area (Å²) in [5, 5.41) is 0. The highest BCUT2D eigenvalue weighted by Gasteiger charge is 2.07. The van der Waals surface area contributed by atoms with Gasteiger partial charge in [-0.15, -0.1) is 0 Å². The minimum absolute atomic E-state index is 0.374. The Labute approximate surface area is 139 Å². The van der Waals surface area contributed by atoms with Crippen LogP contribution in [-0.4, -0.2) is 32.3 Å². The average molecular weight is 330 g/mol. The third-order valence-corrected chi connectivity index (χ3v) is 2.94. The van der Waals surface area contributed by atoms with E-state index in [9.17, 15) is 9.59 Å². The first-order valence-electron chi connectivity index (χ1n) is 7.24. The van der Waals surface area contributed by atoms with Gasteiger partial charge in [-0.2, -0.15) is 0 Å². The van der Waals surface area contributed by atoms with Crippen molar-refractivity contribution in [2.75, 3.05) is 20.3 Å². The van der Waals surface area contributed by atoms with E-state index in [1.165, 1.54) is 7.11 Å². The Balaban J connectivity index is 1.73. The molecule has 0 aromatic heterocycles. The Kier molecular flexibility index (Phi) is 6.46. The molecule has 24 heavy (non-hydrogen) atoms. The SMILES string of the molecule is COC(=O)NNC(=O)c1ccc(OCCOc2ccccc2)cc1. The van der Waals surface area contributed by atoms with Crippen molar-refractivity contribution in [2.24, 2.45) is 0 Å². The van der Waals surface area contributed by atoms with Crippen molar-refractivity contribution >= 4 is 12.0 Å². The number of hydrogen-bond donors (Lipinski definition) is 2. The molecule has 0 aliphatic rings. The van der Waals surface area contributed by atoms with Gasteiger partial charge in [-0.05, 0) is 36.4 Å². The molecule has 7 heteroatoms. The van der Waals surface area contributed by atoms with E-state index < -0.39 is 12.0 Å². The molecule has 0 unspecified atom stereocenters. The van der Waals surface area contributed by atoms with Crippen molar-refractivity contribution in [3.05, 3.63) is 60.2 Å². The molecule has 0 aliphatic heterocycles. The number of rotatable bonds is 6. The lowest BCUT2D eigenvalue weighted by Crippen LogP contribution is -2.41. The molecule has 2 N–H and O–H groups in total. The van der Waals surface area contributed by atoms with Gasteiger partial charge in [-0.3, -0.25) is 10.2 Å². The molecule has 2 rings (SSSR count). The van der Waals surface area contributed by atoms with Crippen LogP contribution in [0.2, 0.25) is 0 Å². The maximum atomic E-state index is 11.8. The fourth-order valence-corrected chi connectivity index (χ4v) is 1.77. The molecule has 2 aromatic rings. The quantitative estimate of drug-likeness (QED) is 0.626. The molecule has 2 aromatic carbocycles. The van der Waals surface area contributed by atoms with Gasteiger partial charge in [-0.25, -0.2) is 10.2 Å². The number of para-hydroxylation sites is 1. The summed E-state index contributed by atoms with van der Waals surface area (Å²) < 4.78 is 15.4. The van der Waals surface area contributed by atoms with E-state index in [0.717, 1.165) is 5.75 Å². The number of carbonyl (C=O) groups excluding carboxylic acids is 2. The zero-order chi connectivity index (χ0) is 17.2. The van der Waals surface area contributed by atoms with Gasteiger partial charge in [0.25, 0.3) is 5.91 Å². The summed E-state index contributed by atoms with van der Waals surface area (Å²) in [5.74, 6) is 0.940. The van der Waals surface area contributed by atoms with E-state index in [-0.39, 0.29) is 0 Å². The topological polar surface area (TPSA) is 85.9 Å². The Hall–Kier alpha value is -3.22. The molecule has 0 aliphatic carbocycles. The van der Waals surface area contributed by atoms with E-state index in [0.29, 0.717) is 24.5 Å². The van der Waals surface area contributed by atoms with Gasteiger partial charge in [-0.1, -0.05) is 18.2 Å². The zero-order valence-corrected chi connectivity index (χ0v) is 13.2. The largest absolute Gasteiger partial charge is 0.490 e. The van der Waals surface area contributed by atoms with Gasteiger partial charge in [0.05, 0.1) is 7.11 Å². The monoisotopic (exact) mass is 330 g/mol. The van der Waals surface area contributed by atoms with E-state index >= 15 is 0 Å². The Bertz CT molecular complexity index is 658. The first-order chi connectivity index (χ1) is 11.7. The summed E-state index contributed by atoms with van der Waals surface area (Å²) in [4.78, 5) is 22.6. The van der Waals surface area contributed by atoms with Crippen LogP contribution in [0.1, 0.15) is 10.4 Å². The van der Waals surface area contributed by atoms with Gasteiger partial charge in [0.2, 0.25) is 0 Å². The number of nitrogens with one attached hydrogen (secondary N) is 2. The van der Waals surface area contributed by atoms with Crippen LogP contribution in [-0.2, 0) is 4.74 Å². The highest BCUT2D eigenvalue weighted by atomic mass is 16.5. The molecule has 0 bridgehead atoms. The van der Waals surface area contributed by atoms with Gasteiger partial charge in [0, 0.05) is 5.56 Å². The second-order valence-electron chi connectivity index (χ2n) is 4.61. The van der Waals surface area contributed by atoms with Crippen molar-refractivity contribution in [1.29, 1.82) is 0 Å². The molecule has 7 nitrogen and oxygen atoms in total. The first-order valence-corrected chi connectivity index (χ1v) is 7.24. The van der Waals surface area contributed by atoms with E-state index in [1.54, 1.807) is 24.3 Å². The minimum atomic E-state index is -0.748. The van der Waals surface area contributed by atoms with E-state index in [1.807, 2.05) is 30.3 Å². The summed E-state index contributed by atoms with van der Waals surface area (Å²) >= 11 is 0. The lowest BCUT2D eigenvalue weighted by atomic mass is 10.2. The van der Waals surface area contributed by atoms with Crippen molar-refractivity contribution in [2.45, 2.75) is 0 Å². The fraction of sp³-hybridized carbons (Fsp3) is 0.176. The highest BCUT2D eigenvalue weighted by molar-refractivity contribution is 5.94. The van der Waals surface area contributed by atoms with Crippen LogP contribution in [0.3, 0.4) is 0 Å². The molecule has 0 spiro atoms. The van der Waals surface area contributed by atoms with Crippen LogP contribution in [0.15, 0.2) is 54.6 Å². The standard InChI is InChI=1S/C17H18N2O5/c1-22-17(21)19-18-16(20)13-7-9-15(10-8-13)24-12-11-23-14-5-3-2-4-6-14/h2-10H,11-12H2,1H3,(H,18,20)(H,19,21). The van der Waals surface area contributed by atoms with E-state index in [4.69, 9.17) is 9.47 Å². The Morgan fingerprint density at radius 1 is 0.833 bits per heavy atom. The molecule has 0 saturated carbocycles. The van der Waals surface area contributed by atoms with Crippen LogP contribution in [0.25, 0.3) is 0 Å². The van der Waals surface area contributed by atoms with Crippen molar-refractivity contribution in [3.8, 4) is 11.5 Å². The second-order valence-corrected chi connectivity index (χ2v) is 4.61. The zero-order valence-electron chi connectivity index (χ0n) is 13.2.